The number of fused-ring (bicyclic) bond motifs is 1. The third kappa shape index (κ3) is 2.46. The summed E-state index contributed by atoms with van der Waals surface area (Å²) in [7, 11) is 0. The first-order valence-electron chi connectivity index (χ1n) is 6.26. The van der Waals surface area contributed by atoms with Gasteiger partial charge in [-0.05, 0) is 34.9 Å². The van der Waals surface area contributed by atoms with Gasteiger partial charge in [0.15, 0.2) is 11.5 Å². The first-order chi connectivity index (χ1) is 9.16. The van der Waals surface area contributed by atoms with Gasteiger partial charge >= 0.3 is 0 Å². The Balaban J connectivity index is 0.00000147. The van der Waals surface area contributed by atoms with Crippen molar-refractivity contribution in [3.63, 3.8) is 0 Å². The van der Waals surface area contributed by atoms with Gasteiger partial charge in [-0.1, -0.05) is 18.2 Å². The third-order valence-corrected chi connectivity index (χ3v) is 3.68. The van der Waals surface area contributed by atoms with Crippen molar-refractivity contribution in [1.29, 1.82) is 0 Å². The smallest absolute Gasteiger partial charge is 0.157 e. The van der Waals surface area contributed by atoms with Crippen molar-refractivity contribution in [2.75, 3.05) is 12.3 Å². The van der Waals surface area contributed by atoms with Gasteiger partial charge in [-0.25, -0.2) is 0 Å². The van der Waals surface area contributed by atoms with E-state index in [0.717, 1.165) is 29.9 Å². The van der Waals surface area contributed by atoms with Gasteiger partial charge in [0.1, 0.15) is 0 Å². The molecule has 1 atom stereocenters. The summed E-state index contributed by atoms with van der Waals surface area (Å²) in [6.45, 7) is 1.56. The summed E-state index contributed by atoms with van der Waals surface area (Å²) in [6, 6.07) is 10.9. The lowest BCUT2D eigenvalue weighted by atomic mass is 9.85. The molecule has 2 aromatic rings. The SMILES string of the molecule is Br.Nc1cccc2c1CNCC2c1ccc(O)c(O)c1. The summed E-state index contributed by atoms with van der Waals surface area (Å²) in [5.74, 6) is -0.0485. The average Bonchev–Trinajstić information content (AvgIpc) is 2.42. The van der Waals surface area contributed by atoms with Crippen molar-refractivity contribution in [2.45, 2.75) is 12.5 Å². The summed E-state index contributed by atoms with van der Waals surface area (Å²) >= 11 is 0. The Kier molecular flexibility index (Phi) is 4.20. The van der Waals surface area contributed by atoms with Crippen molar-refractivity contribution < 1.29 is 10.2 Å². The summed E-state index contributed by atoms with van der Waals surface area (Å²) in [5, 5.41) is 22.4. The molecule has 0 aromatic heterocycles. The molecule has 0 fully saturated rings. The Morgan fingerprint density at radius 3 is 2.65 bits per heavy atom. The molecule has 0 saturated heterocycles. The number of halogens is 1. The van der Waals surface area contributed by atoms with Gasteiger partial charge in [0.05, 0.1) is 0 Å². The normalized spacial score (nSPS) is 17.1. The van der Waals surface area contributed by atoms with E-state index in [2.05, 4.69) is 11.4 Å². The second-order valence-electron chi connectivity index (χ2n) is 4.85. The molecule has 2 aromatic carbocycles. The van der Waals surface area contributed by atoms with Gasteiger partial charge in [-0.15, -0.1) is 17.0 Å². The highest BCUT2D eigenvalue weighted by Crippen LogP contribution is 2.36. The first-order valence-corrected chi connectivity index (χ1v) is 6.26. The van der Waals surface area contributed by atoms with E-state index in [1.807, 2.05) is 18.2 Å². The van der Waals surface area contributed by atoms with Gasteiger partial charge < -0.3 is 21.3 Å². The quantitative estimate of drug-likeness (QED) is 0.476. The van der Waals surface area contributed by atoms with Crippen LogP contribution in [0.1, 0.15) is 22.6 Å². The molecule has 106 valence electrons. The summed E-state index contributed by atoms with van der Waals surface area (Å²) in [4.78, 5) is 0. The zero-order valence-corrected chi connectivity index (χ0v) is 12.5. The fourth-order valence-electron chi connectivity index (χ4n) is 2.66. The highest BCUT2D eigenvalue weighted by Gasteiger charge is 2.23. The number of anilines is 1. The number of rotatable bonds is 1. The molecule has 0 radical (unpaired) electrons. The van der Waals surface area contributed by atoms with Crippen LogP contribution in [0.3, 0.4) is 0 Å². The third-order valence-electron chi connectivity index (χ3n) is 3.68. The zero-order valence-electron chi connectivity index (χ0n) is 10.8. The van der Waals surface area contributed by atoms with Crippen LogP contribution in [0.4, 0.5) is 5.69 Å². The fourth-order valence-corrected chi connectivity index (χ4v) is 2.66. The van der Waals surface area contributed by atoms with Gasteiger partial charge in [0.2, 0.25) is 0 Å². The molecule has 5 heteroatoms. The predicted octanol–water partition coefficient (Wildman–Crippen LogP) is 2.49. The maximum atomic E-state index is 9.64. The Bertz CT molecular complexity index is 631. The largest absolute Gasteiger partial charge is 0.504 e. The number of nitrogens with two attached hydrogens (primary N) is 1. The number of hydrogen-bond donors (Lipinski definition) is 4. The number of phenolic OH excluding ortho intramolecular Hbond substituents is 2. The molecule has 0 aliphatic carbocycles. The van der Waals surface area contributed by atoms with Crippen LogP contribution < -0.4 is 11.1 Å². The van der Waals surface area contributed by atoms with Gasteiger partial charge in [0.25, 0.3) is 0 Å². The van der Waals surface area contributed by atoms with E-state index >= 15 is 0 Å². The van der Waals surface area contributed by atoms with Crippen LogP contribution in [0.15, 0.2) is 36.4 Å². The fraction of sp³-hybridized carbons (Fsp3) is 0.200. The van der Waals surface area contributed by atoms with E-state index in [1.54, 1.807) is 6.07 Å². The van der Waals surface area contributed by atoms with Gasteiger partial charge in [-0.2, -0.15) is 0 Å². The maximum Gasteiger partial charge on any atom is 0.157 e. The van der Waals surface area contributed by atoms with E-state index in [1.165, 1.54) is 11.6 Å². The number of aromatic hydroxyl groups is 2. The maximum absolute atomic E-state index is 9.64. The van der Waals surface area contributed by atoms with Crippen molar-refractivity contribution in [3.05, 3.63) is 53.1 Å². The first kappa shape index (κ1) is 14.7. The number of hydrogen-bond acceptors (Lipinski definition) is 4. The highest BCUT2D eigenvalue weighted by atomic mass is 79.9. The lowest BCUT2D eigenvalue weighted by Gasteiger charge is -2.28. The molecule has 0 saturated carbocycles. The van der Waals surface area contributed by atoms with Crippen LogP contribution in [0.2, 0.25) is 0 Å². The molecule has 20 heavy (non-hydrogen) atoms. The molecule has 1 aliphatic rings. The number of nitrogen functional groups attached to an aromatic ring is 1. The Morgan fingerprint density at radius 1 is 1.10 bits per heavy atom. The Morgan fingerprint density at radius 2 is 1.90 bits per heavy atom. The average molecular weight is 337 g/mol. The van der Waals surface area contributed by atoms with E-state index in [-0.39, 0.29) is 34.4 Å². The van der Waals surface area contributed by atoms with E-state index in [9.17, 15) is 10.2 Å². The molecule has 1 unspecified atom stereocenters. The van der Waals surface area contributed by atoms with Crippen molar-refractivity contribution in [2.24, 2.45) is 0 Å². The van der Waals surface area contributed by atoms with Crippen LogP contribution in [0, 0.1) is 0 Å². The second-order valence-corrected chi connectivity index (χ2v) is 4.85. The second kappa shape index (κ2) is 5.73. The topological polar surface area (TPSA) is 78.5 Å². The van der Waals surface area contributed by atoms with Gasteiger partial charge in [-0.3, -0.25) is 0 Å². The van der Waals surface area contributed by atoms with Crippen LogP contribution >= 0.6 is 17.0 Å². The molecule has 5 N–H and O–H groups in total. The minimum absolute atomic E-state index is 0. The molecule has 4 nitrogen and oxygen atoms in total. The molecule has 1 aliphatic heterocycles. The number of phenols is 2. The monoisotopic (exact) mass is 336 g/mol. The Labute approximate surface area is 128 Å². The molecular formula is C15H17BrN2O2. The van der Waals surface area contributed by atoms with Crippen molar-refractivity contribution >= 4 is 22.7 Å². The van der Waals surface area contributed by atoms with Crippen molar-refractivity contribution in [1.82, 2.24) is 5.32 Å². The minimum atomic E-state index is -0.0969. The summed E-state index contributed by atoms with van der Waals surface area (Å²) < 4.78 is 0. The molecular weight excluding hydrogens is 320 g/mol. The summed E-state index contributed by atoms with van der Waals surface area (Å²) in [6.07, 6.45) is 0. The highest BCUT2D eigenvalue weighted by molar-refractivity contribution is 8.93. The predicted molar refractivity (Wildman–Crippen MR) is 84.5 cm³/mol. The van der Waals surface area contributed by atoms with Crippen molar-refractivity contribution in [3.8, 4) is 11.5 Å². The lowest BCUT2D eigenvalue weighted by Crippen LogP contribution is -2.29. The number of nitrogens with one attached hydrogen (secondary N) is 1. The van der Waals surface area contributed by atoms with Crippen LogP contribution in [-0.4, -0.2) is 16.8 Å². The lowest BCUT2D eigenvalue weighted by molar-refractivity contribution is 0.402. The van der Waals surface area contributed by atoms with E-state index < -0.39 is 0 Å². The molecule has 1 heterocycles. The zero-order chi connectivity index (χ0) is 13.4. The summed E-state index contributed by atoms with van der Waals surface area (Å²) in [5.41, 5.74) is 10.1. The molecule has 0 bridgehead atoms. The van der Waals surface area contributed by atoms with Crippen LogP contribution in [0.5, 0.6) is 11.5 Å². The van der Waals surface area contributed by atoms with Crippen LogP contribution in [0.25, 0.3) is 0 Å². The molecule has 3 rings (SSSR count). The van der Waals surface area contributed by atoms with Gasteiger partial charge in [0, 0.05) is 24.7 Å². The minimum Gasteiger partial charge on any atom is -0.504 e. The standard InChI is InChI=1S/C15H16N2O2.BrH/c16-13-3-1-2-10-11(7-17-8-12(10)13)9-4-5-14(18)15(19)6-9;/h1-6,11,17-19H,7-8,16H2;1H. The Hall–Kier alpha value is -1.72. The van der Waals surface area contributed by atoms with E-state index in [4.69, 9.17) is 5.73 Å². The molecule has 0 amide bonds. The number of benzene rings is 2. The van der Waals surface area contributed by atoms with E-state index in [0.29, 0.717) is 0 Å². The van der Waals surface area contributed by atoms with Crippen LogP contribution in [-0.2, 0) is 6.54 Å². The molecule has 0 spiro atoms.